The van der Waals surface area contributed by atoms with E-state index in [0.29, 0.717) is 25.2 Å². The maximum absolute atomic E-state index is 13.9. The molecule has 0 N–H and O–H groups in total. The molecule has 2 aromatic rings. The highest BCUT2D eigenvalue weighted by Crippen LogP contribution is 2.21. The molecule has 2 aromatic heterocycles. The molecule has 0 atom stereocenters. The second-order valence-corrected chi connectivity index (χ2v) is 7.75. The van der Waals surface area contributed by atoms with Crippen LogP contribution in [0.3, 0.4) is 0 Å². The number of carbonyl (C=O) groups is 1. The Morgan fingerprint density at radius 2 is 1.97 bits per heavy atom. The molecule has 0 spiro atoms. The van der Waals surface area contributed by atoms with Crippen molar-refractivity contribution in [2.75, 3.05) is 39.3 Å². The summed E-state index contributed by atoms with van der Waals surface area (Å²) < 4.78 is 32.4. The van der Waals surface area contributed by atoms with Crippen molar-refractivity contribution in [2.24, 2.45) is 0 Å². The molecule has 0 aromatic carbocycles. The van der Waals surface area contributed by atoms with E-state index in [1.165, 1.54) is 0 Å². The lowest BCUT2D eigenvalue weighted by Gasteiger charge is -2.37. The number of amides is 1. The fourth-order valence-electron chi connectivity index (χ4n) is 4.29. The van der Waals surface area contributed by atoms with Crippen LogP contribution in [-0.4, -0.2) is 70.9 Å². The molecule has 1 amide bonds. The van der Waals surface area contributed by atoms with Gasteiger partial charge in [0.2, 0.25) is 0 Å². The van der Waals surface area contributed by atoms with Gasteiger partial charge in [0.25, 0.3) is 5.91 Å². The van der Waals surface area contributed by atoms with Crippen LogP contribution in [0, 0.1) is 11.6 Å². The third-order valence-corrected chi connectivity index (χ3v) is 5.86. The van der Waals surface area contributed by atoms with Gasteiger partial charge in [-0.25, -0.2) is 13.8 Å². The molecule has 4 rings (SSSR count). The Labute approximate surface area is 169 Å². The predicted molar refractivity (Wildman–Crippen MR) is 103 cm³/mol. The highest BCUT2D eigenvalue weighted by molar-refractivity contribution is 5.92. The first-order chi connectivity index (χ1) is 14.1. The van der Waals surface area contributed by atoms with Crippen LogP contribution in [-0.2, 0) is 6.54 Å². The molecule has 29 heavy (non-hydrogen) atoms. The number of pyridine rings is 1. The first kappa shape index (κ1) is 20.0. The van der Waals surface area contributed by atoms with Gasteiger partial charge in [0.05, 0.1) is 19.0 Å². The summed E-state index contributed by atoms with van der Waals surface area (Å²) in [4.78, 5) is 22.8. The SMILES string of the molecule is O=C(c1ncc(F)cc1F)N1CCCN(C2CCN(Cc3ccco3)CC2)CC1. The van der Waals surface area contributed by atoms with Gasteiger partial charge < -0.3 is 9.32 Å². The molecule has 0 bridgehead atoms. The number of hydrogen-bond donors (Lipinski definition) is 0. The molecule has 6 nitrogen and oxygen atoms in total. The van der Waals surface area contributed by atoms with Crippen LogP contribution >= 0.6 is 0 Å². The summed E-state index contributed by atoms with van der Waals surface area (Å²) in [6.45, 7) is 5.67. The fraction of sp³-hybridized carbons (Fsp3) is 0.524. The summed E-state index contributed by atoms with van der Waals surface area (Å²) in [5.74, 6) is -1.15. The maximum Gasteiger partial charge on any atom is 0.275 e. The van der Waals surface area contributed by atoms with E-state index in [9.17, 15) is 13.6 Å². The van der Waals surface area contributed by atoms with Crippen LogP contribution in [0.15, 0.2) is 35.1 Å². The Morgan fingerprint density at radius 3 is 2.69 bits per heavy atom. The van der Waals surface area contributed by atoms with E-state index < -0.39 is 17.5 Å². The van der Waals surface area contributed by atoms with E-state index in [1.807, 2.05) is 12.1 Å². The third-order valence-electron chi connectivity index (χ3n) is 5.86. The lowest BCUT2D eigenvalue weighted by Crippen LogP contribution is -2.46. The number of likely N-dealkylation sites (tertiary alicyclic amines) is 1. The Balaban J connectivity index is 1.29. The quantitative estimate of drug-likeness (QED) is 0.785. The van der Waals surface area contributed by atoms with E-state index in [2.05, 4.69) is 14.8 Å². The molecular weight excluding hydrogens is 378 g/mol. The van der Waals surface area contributed by atoms with Gasteiger partial charge in [0.15, 0.2) is 11.5 Å². The third kappa shape index (κ3) is 4.82. The van der Waals surface area contributed by atoms with Crippen molar-refractivity contribution in [1.82, 2.24) is 19.7 Å². The molecule has 0 radical (unpaired) electrons. The Bertz CT molecular complexity index is 822. The van der Waals surface area contributed by atoms with Crippen molar-refractivity contribution in [3.8, 4) is 0 Å². The number of piperidine rings is 1. The van der Waals surface area contributed by atoms with Gasteiger partial charge in [0, 0.05) is 51.4 Å². The molecule has 156 valence electrons. The van der Waals surface area contributed by atoms with Crippen LogP contribution in [0.2, 0.25) is 0 Å². The van der Waals surface area contributed by atoms with Crippen molar-refractivity contribution in [3.05, 3.63) is 53.7 Å². The van der Waals surface area contributed by atoms with Crippen molar-refractivity contribution in [3.63, 3.8) is 0 Å². The highest BCUT2D eigenvalue weighted by atomic mass is 19.1. The monoisotopic (exact) mass is 404 g/mol. The second-order valence-electron chi connectivity index (χ2n) is 7.75. The van der Waals surface area contributed by atoms with Gasteiger partial charge in [-0.2, -0.15) is 0 Å². The number of furan rings is 1. The van der Waals surface area contributed by atoms with Crippen molar-refractivity contribution in [2.45, 2.75) is 31.8 Å². The Hall–Kier alpha value is -2.32. The summed E-state index contributed by atoms with van der Waals surface area (Å²) in [7, 11) is 0. The average molecular weight is 404 g/mol. The van der Waals surface area contributed by atoms with E-state index in [4.69, 9.17) is 4.42 Å². The van der Waals surface area contributed by atoms with E-state index >= 15 is 0 Å². The lowest BCUT2D eigenvalue weighted by atomic mass is 10.0. The van der Waals surface area contributed by atoms with Gasteiger partial charge >= 0.3 is 0 Å². The number of carbonyl (C=O) groups excluding carboxylic acids is 1. The number of hydrogen-bond acceptors (Lipinski definition) is 5. The van der Waals surface area contributed by atoms with E-state index in [0.717, 1.165) is 63.9 Å². The number of rotatable bonds is 4. The van der Waals surface area contributed by atoms with Crippen LogP contribution in [0.5, 0.6) is 0 Å². The largest absolute Gasteiger partial charge is 0.468 e. The normalized spacial score (nSPS) is 20.0. The van der Waals surface area contributed by atoms with Gasteiger partial charge in [-0.15, -0.1) is 0 Å². The smallest absolute Gasteiger partial charge is 0.275 e. The van der Waals surface area contributed by atoms with E-state index in [1.54, 1.807) is 11.2 Å². The zero-order chi connectivity index (χ0) is 20.2. The zero-order valence-corrected chi connectivity index (χ0v) is 16.4. The molecule has 2 aliphatic rings. The number of nitrogens with zero attached hydrogens (tertiary/aromatic N) is 4. The number of halogens is 2. The number of aromatic nitrogens is 1. The van der Waals surface area contributed by atoms with Crippen molar-refractivity contribution >= 4 is 5.91 Å². The van der Waals surface area contributed by atoms with Crippen LogP contribution in [0.4, 0.5) is 8.78 Å². The average Bonchev–Trinajstić information content (AvgIpc) is 3.10. The first-order valence-electron chi connectivity index (χ1n) is 10.2. The van der Waals surface area contributed by atoms with Gasteiger partial charge in [0.1, 0.15) is 11.6 Å². The zero-order valence-electron chi connectivity index (χ0n) is 16.4. The molecule has 4 heterocycles. The Kier molecular flexibility index (Phi) is 6.20. The summed E-state index contributed by atoms with van der Waals surface area (Å²) in [6, 6.07) is 5.13. The molecule has 0 aliphatic carbocycles. The van der Waals surface area contributed by atoms with Crippen molar-refractivity contribution < 1.29 is 18.0 Å². The summed E-state index contributed by atoms with van der Waals surface area (Å²) in [5.41, 5.74) is -0.300. The molecule has 2 aliphatic heterocycles. The summed E-state index contributed by atoms with van der Waals surface area (Å²) >= 11 is 0. The maximum atomic E-state index is 13.9. The van der Waals surface area contributed by atoms with Crippen molar-refractivity contribution in [1.29, 1.82) is 0 Å². The summed E-state index contributed by atoms with van der Waals surface area (Å²) in [5, 5.41) is 0. The fourth-order valence-corrected chi connectivity index (χ4v) is 4.29. The molecule has 8 heteroatoms. The molecule has 0 saturated carbocycles. The van der Waals surface area contributed by atoms with Gasteiger partial charge in [-0.1, -0.05) is 0 Å². The molecule has 2 fully saturated rings. The highest BCUT2D eigenvalue weighted by Gasteiger charge is 2.29. The van der Waals surface area contributed by atoms with Crippen LogP contribution < -0.4 is 0 Å². The lowest BCUT2D eigenvalue weighted by molar-refractivity contribution is 0.0733. The minimum absolute atomic E-state index is 0.300. The van der Waals surface area contributed by atoms with E-state index in [-0.39, 0.29) is 5.69 Å². The Morgan fingerprint density at radius 1 is 1.14 bits per heavy atom. The summed E-state index contributed by atoms with van der Waals surface area (Å²) in [6.07, 6.45) is 5.60. The minimum Gasteiger partial charge on any atom is -0.468 e. The molecule has 0 unspecified atom stereocenters. The molecule has 2 saturated heterocycles. The van der Waals surface area contributed by atoms with Gasteiger partial charge in [-0.3, -0.25) is 14.6 Å². The van der Waals surface area contributed by atoms with Crippen LogP contribution in [0.25, 0.3) is 0 Å². The predicted octanol–water partition coefficient (Wildman–Crippen LogP) is 2.77. The topological polar surface area (TPSA) is 52.8 Å². The minimum atomic E-state index is -0.903. The first-order valence-corrected chi connectivity index (χ1v) is 10.2. The standard InChI is InChI=1S/C21H26F2N4O2/c22-16-13-19(23)20(24-14-16)21(28)27-7-2-6-26(10-11-27)17-4-8-25(9-5-17)15-18-3-1-12-29-18/h1,3,12-14,17H,2,4-11,15H2. The van der Waals surface area contributed by atoms with Crippen LogP contribution in [0.1, 0.15) is 35.5 Å². The molecular formula is C21H26F2N4O2. The van der Waals surface area contributed by atoms with Gasteiger partial charge in [-0.05, 0) is 31.4 Å². The second kappa shape index (κ2) is 9.00.